The molecule has 0 aromatic heterocycles. The Morgan fingerprint density at radius 1 is 1.00 bits per heavy atom. The highest BCUT2D eigenvalue weighted by Crippen LogP contribution is 2.31. The Hall–Kier alpha value is -3.88. The van der Waals surface area contributed by atoms with Gasteiger partial charge in [-0.15, -0.1) is 12.4 Å². The molecule has 0 radical (unpaired) electrons. The van der Waals surface area contributed by atoms with Crippen molar-refractivity contribution in [1.29, 1.82) is 5.26 Å². The number of sulfonamides is 1. The molecule has 0 saturated carbocycles. The number of amides is 2. The molecule has 0 aliphatic carbocycles. The van der Waals surface area contributed by atoms with E-state index in [1.807, 2.05) is 41.1 Å². The molecular formula is C24H18ClF3N4O3S. The van der Waals surface area contributed by atoms with Gasteiger partial charge in [0.1, 0.15) is 0 Å². The minimum Gasteiger partial charge on any atom is -0.246 e. The average molecular weight is 535 g/mol. The number of carbonyl (C=O) groups excluding carboxylic acids is 1. The van der Waals surface area contributed by atoms with Crippen molar-refractivity contribution in [1.82, 2.24) is 9.73 Å². The number of hydrogen-bond acceptors (Lipinski definition) is 5. The maximum Gasteiger partial charge on any atom is 0.416 e. The summed E-state index contributed by atoms with van der Waals surface area (Å²) in [7, 11) is -4.45. The lowest BCUT2D eigenvalue weighted by molar-refractivity contribution is -0.137. The normalized spacial score (nSPS) is 15.4. The number of nitriles is 1. The van der Waals surface area contributed by atoms with Crippen LogP contribution in [0.25, 0.3) is 0 Å². The van der Waals surface area contributed by atoms with Gasteiger partial charge in [-0.2, -0.15) is 23.5 Å². The van der Waals surface area contributed by atoms with Crippen LogP contribution in [0, 0.1) is 11.3 Å². The molecule has 1 aliphatic rings. The van der Waals surface area contributed by atoms with Crippen molar-refractivity contribution in [3.8, 4) is 6.07 Å². The van der Waals surface area contributed by atoms with Gasteiger partial charge in [0.05, 0.1) is 34.3 Å². The molecule has 7 nitrogen and oxygen atoms in total. The van der Waals surface area contributed by atoms with Gasteiger partial charge in [-0.25, -0.2) is 22.9 Å². The number of halogens is 4. The molecule has 186 valence electrons. The van der Waals surface area contributed by atoms with Gasteiger partial charge in [0, 0.05) is 5.92 Å². The highest BCUT2D eigenvalue weighted by Gasteiger charge is 2.34. The number of rotatable bonds is 4. The number of hydrogen-bond donors (Lipinski definition) is 1. The molecule has 0 fully saturated rings. The quantitative estimate of drug-likeness (QED) is 0.514. The molecule has 1 unspecified atom stereocenters. The summed E-state index contributed by atoms with van der Waals surface area (Å²) in [6.07, 6.45) is -4.62. The molecule has 4 rings (SSSR count). The van der Waals surface area contributed by atoms with Crippen molar-refractivity contribution in [2.75, 3.05) is 6.54 Å². The number of nitrogens with zero attached hydrogens (tertiary/aromatic N) is 3. The fourth-order valence-electron chi connectivity index (χ4n) is 3.60. The molecule has 1 N–H and O–H groups in total. The SMILES string of the molecule is Cl.N#Cc1ccc(C2=NN(C(=O)NS(=O)(=O)c3ccc(C(F)(F)F)cc3)CC2c2ccccc2)cc1. The summed E-state index contributed by atoms with van der Waals surface area (Å²) in [4.78, 5) is 12.3. The van der Waals surface area contributed by atoms with E-state index in [9.17, 15) is 26.4 Å². The van der Waals surface area contributed by atoms with E-state index in [0.717, 1.165) is 22.7 Å². The zero-order chi connectivity index (χ0) is 25.2. The van der Waals surface area contributed by atoms with E-state index in [2.05, 4.69) is 5.10 Å². The summed E-state index contributed by atoms with van der Waals surface area (Å²) >= 11 is 0. The maximum absolute atomic E-state index is 12.8. The van der Waals surface area contributed by atoms with Crippen LogP contribution in [0.4, 0.5) is 18.0 Å². The van der Waals surface area contributed by atoms with Gasteiger partial charge in [0.25, 0.3) is 10.0 Å². The maximum atomic E-state index is 12.8. The number of hydrazone groups is 1. The Bertz CT molecular complexity index is 1420. The molecule has 0 spiro atoms. The third-order valence-electron chi connectivity index (χ3n) is 5.37. The Labute approximate surface area is 211 Å². The largest absolute Gasteiger partial charge is 0.416 e. The van der Waals surface area contributed by atoms with Crippen molar-refractivity contribution in [2.24, 2.45) is 5.10 Å². The van der Waals surface area contributed by atoms with Gasteiger partial charge >= 0.3 is 12.2 Å². The van der Waals surface area contributed by atoms with E-state index in [-0.39, 0.29) is 24.9 Å². The average Bonchev–Trinajstić information content (AvgIpc) is 3.30. The summed E-state index contributed by atoms with van der Waals surface area (Å²) in [5, 5.41) is 14.3. The van der Waals surface area contributed by atoms with Crippen molar-refractivity contribution < 1.29 is 26.4 Å². The topological polar surface area (TPSA) is 103 Å². The monoisotopic (exact) mass is 534 g/mol. The van der Waals surface area contributed by atoms with Crippen LogP contribution in [0.3, 0.4) is 0 Å². The van der Waals surface area contributed by atoms with Crippen molar-refractivity contribution in [3.05, 3.63) is 101 Å². The molecule has 36 heavy (non-hydrogen) atoms. The van der Waals surface area contributed by atoms with Crippen LogP contribution >= 0.6 is 12.4 Å². The third kappa shape index (κ3) is 5.67. The molecule has 0 bridgehead atoms. The molecule has 12 heteroatoms. The first-order chi connectivity index (χ1) is 16.6. The molecule has 3 aromatic carbocycles. The minimum absolute atomic E-state index is 0. The molecular weight excluding hydrogens is 517 g/mol. The number of alkyl halides is 3. The summed E-state index contributed by atoms with van der Waals surface area (Å²) < 4.78 is 65.4. The highest BCUT2D eigenvalue weighted by molar-refractivity contribution is 7.90. The van der Waals surface area contributed by atoms with Crippen LogP contribution in [-0.4, -0.2) is 31.7 Å². The first-order valence-electron chi connectivity index (χ1n) is 10.2. The van der Waals surface area contributed by atoms with E-state index in [4.69, 9.17) is 5.26 Å². The highest BCUT2D eigenvalue weighted by atomic mass is 35.5. The van der Waals surface area contributed by atoms with Gasteiger partial charge in [0.2, 0.25) is 0 Å². The van der Waals surface area contributed by atoms with Gasteiger partial charge in [-0.05, 0) is 47.5 Å². The van der Waals surface area contributed by atoms with Crippen molar-refractivity contribution in [3.63, 3.8) is 0 Å². The summed E-state index contributed by atoms with van der Waals surface area (Å²) in [5.41, 5.74) is 1.43. The van der Waals surface area contributed by atoms with Gasteiger partial charge in [-0.1, -0.05) is 42.5 Å². The van der Waals surface area contributed by atoms with Crippen molar-refractivity contribution >= 4 is 34.2 Å². The van der Waals surface area contributed by atoms with E-state index in [0.29, 0.717) is 29.0 Å². The number of nitrogens with one attached hydrogen (secondary N) is 1. The van der Waals surface area contributed by atoms with E-state index >= 15 is 0 Å². The fraction of sp³-hybridized carbons (Fsp3) is 0.125. The Morgan fingerprint density at radius 2 is 1.61 bits per heavy atom. The lowest BCUT2D eigenvalue weighted by Gasteiger charge is -2.16. The second-order valence-corrected chi connectivity index (χ2v) is 9.33. The molecule has 1 aliphatic heterocycles. The van der Waals surface area contributed by atoms with Crippen LogP contribution in [-0.2, 0) is 16.2 Å². The number of benzene rings is 3. The van der Waals surface area contributed by atoms with E-state index in [1.165, 1.54) is 0 Å². The third-order valence-corrected chi connectivity index (χ3v) is 6.71. The second kappa shape index (κ2) is 10.4. The number of carbonyl (C=O) groups is 1. The first-order valence-corrected chi connectivity index (χ1v) is 11.7. The molecule has 1 atom stereocenters. The predicted molar refractivity (Wildman–Crippen MR) is 128 cm³/mol. The Kier molecular flexibility index (Phi) is 7.71. The van der Waals surface area contributed by atoms with E-state index in [1.54, 1.807) is 24.3 Å². The summed E-state index contributed by atoms with van der Waals surface area (Å²) in [6.45, 7) is 0.0354. The van der Waals surface area contributed by atoms with Crippen LogP contribution in [0.1, 0.15) is 28.2 Å². The van der Waals surface area contributed by atoms with Crippen LogP contribution in [0.5, 0.6) is 0 Å². The lowest BCUT2D eigenvalue weighted by atomic mass is 9.90. The first kappa shape index (κ1) is 26.7. The molecule has 1 heterocycles. The summed E-state index contributed by atoms with van der Waals surface area (Å²) in [5.74, 6) is -0.372. The zero-order valence-corrected chi connectivity index (χ0v) is 19.9. The second-order valence-electron chi connectivity index (χ2n) is 7.65. The van der Waals surface area contributed by atoms with Gasteiger partial charge in [0.15, 0.2) is 0 Å². The molecule has 3 aromatic rings. The predicted octanol–water partition coefficient (Wildman–Crippen LogP) is 4.90. The Balaban J connectivity index is 0.00000361. The standard InChI is InChI=1S/C24H17F3N4O3S.ClH/c25-24(26,27)19-10-12-20(13-11-19)35(33,34)30-23(32)31-15-21(17-4-2-1-3-5-17)22(29-31)18-8-6-16(14-28)7-9-18;/h1-13,21H,15H2,(H,30,32);1H. The smallest absolute Gasteiger partial charge is 0.246 e. The van der Waals surface area contributed by atoms with Gasteiger partial charge < -0.3 is 0 Å². The van der Waals surface area contributed by atoms with Gasteiger partial charge in [-0.3, -0.25) is 0 Å². The minimum atomic E-state index is -4.62. The molecule has 2 amide bonds. The van der Waals surface area contributed by atoms with Crippen LogP contribution in [0.2, 0.25) is 0 Å². The van der Waals surface area contributed by atoms with Crippen LogP contribution in [0.15, 0.2) is 88.9 Å². The lowest BCUT2D eigenvalue weighted by Crippen LogP contribution is -2.39. The molecule has 0 saturated heterocycles. The fourth-order valence-corrected chi connectivity index (χ4v) is 4.55. The Morgan fingerprint density at radius 3 is 2.17 bits per heavy atom. The number of urea groups is 1. The summed E-state index contributed by atoms with van der Waals surface area (Å²) in [6, 6.07) is 19.6. The van der Waals surface area contributed by atoms with E-state index < -0.39 is 32.7 Å². The van der Waals surface area contributed by atoms with Crippen molar-refractivity contribution in [2.45, 2.75) is 17.0 Å². The zero-order valence-electron chi connectivity index (χ0n) is 18.3. The van der Waals surface area contributed by atoms with Crippen LogP contribution < -0.4 is 4.72 Å².